The van der Waals surface area contributed by atoms with Crippen molar-refractivity contribution in [3.63, 3.8) is 0 Å². The smallest absolute Gasteiger partial charge is 0.258 e. The second-order valence-electron chi connectivity index (χ2n) is 3.49. The van der Waals surface area contributed by atoms with Crippen molar-refractivity contribution < 1.29 is 4.79 Å². The number of carbonyl (C=O) groups is 1. The molecule has 2 rings (SSSR count). The van der Waals surface area contributed by atoms with Crippen molar-refractivity contribution in [3.8, 4) is 0 Å². The molecule has 0 unspecified atom stereocenters. The monoisotopic (exact) mass is 278 g/mol. The van der Waals surface area contributed by atoms with Crippen molar-refractivity contribution in [1.29, 1.82) is 0 Å². The van der Waals surface area contributed by atoms with Gasteiger partial charge in [0.1, 0.15) is 5.03 Å². The molecule has 92 valence electrons. The predicted octanol–water partition coefficient (Wildman–Crippen LogP) is 3.71. The zero-order chi connectivity index (χ0) is 13.0. The summed E-state index contributed by atoms with van der Waals surface area (Å²) in [5.41, 5.74) is 1.14. The quantitative estimate of drug-likeness (QED) is 0.870. The highest BCUT2D eigenvalue weighted by Crippen LogP contribution is 2.23. The maximum Gasteiger partial charge on any atom is 0.258 e. The lowest BCUT2D eigenvalue weighted by molar-refractivity contribution is 0.102. The third kappa shape index (κ3) is 2.83. The van der Waals surface area contributed by atoms with E-state index < -0.39 is 0 Å². The van der Waals surface area contributed by atoms with Gasteiger partial charge in [0.2, 0.25) is 0 Å². The second kappa shape index (κ2) is 5.89. The van der Waals surface area contributed by atoms with Crippen LogP contribution in [0, 0.1) is 0 Å². The number of amides is 1. The Hall–Kier alpha value is -1.52. The molecule has 0 bridgehead atoms. The van der Waals surface area contributed by atoms with Gasteiger partial charge in [-0.2, -0.15) is 0 Å². The Bertz CT molecular complexity index is 574. The highest BCUT2D eigenvalue weighted by Gasteiger charge is 2.12. The molecule has 0 fully saturated rings. The van der Waals surface area contributed by atoms with E-state index in [1.165, 1.54) is 11.8 Å². The van der Waals surface area contributed by atoms with Crippen LogP contribution in [-0.4, -0.2) is 17.1 Å². The molecule has 1 amide bonds. The molecule has 1 aromatic heterocycles. The highest BCUT2D eigenvalue weighted by molar-refractivity contribution is 7.98. The van der Waals surface area contributed by atoms with E-state index in [-0.39, 0.29) is 5.91 Å². The lowest BCUT2D eigenvalue weighted by Gasteiger charge is -2.08. The lowest BCUT2D eigenvalue weighted by Crippen LogP contribution is -2.13. The maximum absolute atomic E-state index is 12.1. The minimum atomic E-state index is -0.208. The molecule has 5 heteroatoms. The van der Waals surface area contributed by atoms with Crippen molar-refractivity contribution in [2.45, 2.75) is 5.03 Å². The van der Waals surface area contributed by atoms with Gasteiger partial charge >= 0.3 is 0 Å². The van der Waals surface area contributed by atoms with Gasteiger partial charge in [0.15, 0.2) is 0 Å². The molecule has 18 heavy (non-hydrogen) atoms. The average molecular weight is 279 g/mol. The zero-order valence-electron chi connectivity index (χ0n) is 9.68. The molecule has 0 radical (unpaired) electrons. The van der Waals surface area contributed by atoms with Crippen LogP contribution in [0.5, 0.6) is 0 Å². The number of hydrogen-bond acceptors (Lipinski definition) is 3. The molecule has 0 aliphatic heterocycles. The van der Waals surface area contributed by atoms with Crippen LogP contribution in [0.3, 0.4) is 0 Å². The molecular weight excluding hydrogens is 268 g/mol. The van der Waals surface area contributed by atoms with Crippen LogP contribution >= 0.6 is 23.4 Å². The third-order valence-corrected chi connectivity index (χ3v) is 3.37. The summed E-state index contributed by atoms with van der Waals surface area (Å²) in [6.45, 7) is 0. The number of rotatable bonds is 3. The van der Waals surface area contributed by atoms with E-state index in [1.54, 1.807) is 30.5 Å². The average Bonchev–Trinajstić information content (AvgIpc) is 2.41. The Labute approximate surface area is 115 Å². The molecule has 1 N–H and O–H groups in total. The van der Waals surface area contributed by atoms with E-state index in [0.717, 1.165) is 0 Å². The van der Waals surface area contributed by atoms with Gasteiger partial charge in [-0.1, -0.05) is 23.7 Å². The Morgan fingerprint density at radius 1 is 1.28 bits per heavy atom. The van der Waals surface area contributed by atoms with Crippen molar-refractivity contribution in [2.24, 2.45) is 0 Å². The molecule has 1 aromatic carbocycles. The molecule has 2 aromatic rings. The first-order chi connectivity index (χ1) is 8.72. The van der Waals surface area contributed by atoms with Crippen LogP contribution in [0.4, 0.5) is 5.69 Å². The van der Waals surface area contributed by atoms with E-state index in [4.69, 9.17) is 11.6 Å². The number of nitrogens with zero attached hydrogens (tertiary/aromatic N) is 1. The number of aromatic nitrogens is 1. The zero-order valence-corrected chi connectivity index (χ0v) is 11.3. The van der Waals surface area contributed by atoms with Crippen LogP contribution in [0.25, 0.3) is 0 Å². The van der Waals surface area contributed by atoms with E-state index in [2.05, 4.69) is 10.3 Å². The second-order valence-corrected chi connectivity index (χ2v) is 4.70. The molecule has 0 spiro atoms. The summed E-state index contributed by atoms with van der Waals surface area (Å²) in [7, 11) is 0. The van der Waals surface area contributed by atoms with E-state index in [1.807, 2.05) is 18.4 Å². The van der Waals surface area contributed by atoms with E-state index >= 15 is 0 Å². The fourth-order valence-corrected chi connectivity index (χ4v) is 2.21. The number of halogens is 1. The molecule has 0 saturated carbocycles. The summed E-state index contributed by atoms with van der Waals surface area (Å²) in [5, 5.41) is 3.99. The number of carbonyl (C=O) groups excluding carboxylic acids is 1. The molecule has 0 aliphatic rings. The lowest BCUT2D eigenvalue weighted by atomic mass is 10.2. The van der Waals surface area contributed by atoms with Crippen LogP contribution < -0.4 is 5.32 Å². The number of nitrogens with one attached hydrogen (secondary N) is 1. The van der Waals surface area contributed by atoms with E-state index in [9.17, 15) is 4.79 Å². The van der Waals surface area contributed by atoms with Gasteiger partial charge in [0.05, 0.1) is 16.3 Å². The molecule has 3 nitrogen and oxygen atoms in total. The number of benzene rings is 1. The summed E-state index contributed by atoms with van der Waals surface area (Å²) in [4.78, 5) is 16.3. The fourth-order valence-electron chi connectivity index (χ4n) is 1.48. The Morgan fingerprint density at radius 2 is 2.06 bits per heavy atom. The number of hydrogen-bond donors (Lipinski definition) is 1. The van der Waals surface area contributed by atoms with Crippen molar-refractivity contribution in [1.82, 2.24) is 4.98 Å². The fraction of sp³-hybridized carbons (Fsp3) is 0.0769. The topological polar surface area (TPSA) is 42.0 Å². The predicted molar refractivity (Wildman–Crippen MR) is 75.4 cm³/mol. The van der Waals surface area contributed by atoms with Crippen molar-refractivity contribution in [3.05, 3.63) is 53.2 Å². The van der Waals surface area contributed by atoms with Gasteiger partial charge in [-0.25, -0.2) is 4.98 Å². The SMILES string of the molecule is CSc1ncccc1C(=O)Nc1ccccc1Cl. The molecule has 0 atom stereocenters. The Balaban J connectivity index is 2.25. The first kappa shape index (κ1) is 12.9. The van der Waals surface area contributed by atoms with Gasteiger partial charge in [-0.05, 0) is 30.5 Å². The minimum Gasteiger partial charge on any atom is -0.321 e. The normalized spacial score (nSPS) is 10.1. The number of pyridine rings is 1. The highest BCUT2D eigenvalue weighted by atomic mass is 35.5. The summed E-state index contributed by atoms with van der Waals surface area (Å²) < 4.78 is 0. The standard InChI is InChI=1S/C13H11ClN2OS/c1-18-13-9(5-4-8-15-13)12(17)16-11-7-3-2-6-10(11)14/h2-8H,1H3,(H,16,17). The number of thioether (sulfide) groups is 1. The Morgan fingerprint density at radius 3 is 2.78 bits per heavy atom. The maximum atomic E-state index is 12.1. The van der Waals surface area contributed by atoms with Gasteiger partial charge in [0.25, 0.3) is 5.91 Å². The molecule has 0 saturated heterocycles. The van der Waals surface area contributed by atoms with Crippen LogP contribution in [0.15, 0.2) is 47.6 Å². The van der Waals surface area contributed by atoms with E-state index in [0.29, 0.717) is 21.3 Å². The summed E-state index contributed by atoms with van der Waals surface area (Å²) in [6, 6.07) is 10.6. The number of anilines is 1. The van der Waals surface area contributed by atoms with Crippen LogP contribution in [0.2, 0.25) is 5.02 Å². The largest absolute Gasteiger partial charge is 0.321 e. The minimum absolute atomic E-state index is 0.208. The molecular formula is C13H11ClN2OS. The van der Waals surface area contributed by atoms with Gasteiger partial charge < -0.3 is 5.32 Å². The first-order valence-electron chi connectivity index (χ1n) is 5.27. The van der Waals surface area contributed by atoms with Crippen molar-refractivity contribution >= 4 is 35.0 Å². The van der Waals surface area contributed by atoms with Gasteiger partial charge in [-0.15, -0.1) is 11.8 Å². The Kier molecular flexibility index (Phi) is 4.23. The first-order valence-corrected chi connectivity index (χ1v) is 6.87. The van der Waals surface area contributed by atoms with Gasteiger partial charge in [0, 0.05) is 6.20 Å². The summed E-state index contributed by atoms with van der Waals surface area (Å²) in [5.74, 6) is -0.208. The van der Waals surface area contributed by atoms with Crippen LogP contribution in [0.1, 0.15) is 10.4 Å². The van der Waals surface area contributed by atoms with Gasteiger partial charge in [-0.3, -0.25) is 4.79 Å². The molecule has 1 heterocycles. The molecule has 0 aliphatic carbocycles. The summed E-state index contributed by atoms with van der Waals surface area (Å²) >= 11 is 7.43. The summed E-state index contributed by atoms with van der Waals surface area (Å²) in [6.07, 6.45) is 3.55. The van der Waals surface area contributed by atoms with Crippen molar-refractivity contribution in [2.75, 3.05) is 11.6 Å². The number of para-hydroxylation sites is 1. The third-order valence-electron chi connectivity index (χ3n) is 2.33. The van der Waals surface area contributed by atoms with Crippen LogP contribution in [-0.2, 0) is 0 Å².